The highest BCUT2D eigenvalue weighted by Gasteiger charge is 2.26. The molecule has 1 amide bonds. The molecule has 5 heteroatoms. The number of rotatable bonds is 6. The lowest BCUT2D eigenvalue weighted by Gasteiger charge is -2.32. The summed E-state index contributed by atoms with van der Waals surface area (Å²) in [5.41, 5.74) is 1.90. The third-order valence-electron chi connectivity index (χ3n) is 4.84. The molecule has 0 aliphatic carbocycles. The summed E-state index contributed by atoms with van der Waals surface area (Å²) < 4.78 is 5.62. The van der Waals surface area contributed by atoms with Gasteiger partial charge in [-0.1, -0.05) is 25.1 Å². The molecule has 1 aliphatic heterocycles. The molecule has 0 spiro atoms. The summed E-state index contributed by atoms with van der Waals surface area (Å²) in [7, 11) is 0. The van der Waals surface area contributed by atoms with Gasteiger partial charge >= 0.3 is 0 Å². The number of piperidine rings is 1. The maximum atomic E-state index is 12.4. The van der Waals surface area contributed by atoms with Crippen LogP contribution >= 0.6 is 0 Å². The van der Waals surface area contributed by atoms with Crippen LogP contribution in [0.4, 0.5) is 0 Å². The summed E-state index contributed by atoms with van der Waals surface area (Å²) in [5, 5.41) is 3.11. The third-order valence-corrected chi connectivity index (χ3v) is 4.84. The third kappa shape index (κ3) is 4.69. The van der Waals surface area contributed by atoms with Gasteiger partial charge in [0.2, 0.25) is 11.8 Å². The Hall–Kier alpha value is -2.14. The number of benzene rings is 1. The lowest BCUT2D eigenvalue weighted by atomic mass is 9.96. The number of hydrogen-bond donors (Lipinski definition) is 1. The molecule has 0 saturated carbocycles. The van der Waals surface area contributed by atoms with Gasteiger partial charge in [0.05, 0.1) is 11.6 Å². The van der Waals surface area contributed by atoms with Gasteiger partial charge in [0.15, 0.2) is 0 Å². The van der Waals surface area contributed by atoms with Crippen molar-refractivity contribution in [2.75, 3.05) is 13.1 Å². The Labute approximate surface area is 149 Å². The normalized spacial score (nSPS) is 19.5. The Kier molecular flexibility index (Phi) is 5.87. The first kappa shape index (κ1) is 17.7. The van der Waals surface area contributed by atoms with E-state index in [2.05, 4.69) is 29.0 Å². The molecule has 0 radical (unpaired) electrons. The summed E-state index contributed by atoms with van der Waals surface area (Å²) in [5.74, 6) is 0.908. The van der Waals surface area contributed by atoms with Crippen molar-refractivity contribution >= 4 is 5.91 Å². The van der Waals surface area contributed by atoms with Crippen LogP contribution in [0, 0.1) is 5.92 Å². The number of nitrogens with zero attached hydrogens (tertiary/aromatic N) is 2. The van der Waals surface area contributed by atoms with Crippen molar-refractivity contribution in [3.05, 3.63) is 42.3 Å². The van der Waals surface area contributed by atoms with Crippen LogP contribution in [0.1, 0.15) is 38.8 Å². The van der Waals surface area contributed by atoms with Crippen molar-refractivity contribution < 1.29 is 9.21 Å². The summed E-state index contributed by atoms with van der Waals surface area (Å²) in [4.78, 5) is 19.3. The molecule has 0 bridgehead atoms. The first-order valence-corrected chi connectivity index (χ1v) is 9.18. The van der Waals surface area contributed by atoms with Crippen molar-refractivity contribution in [1.82, 2.24) is 15.2 Å². The van der Waals surface area contributed by atoms with E-state index in [1.54, 1.807) is 6.26 Å². The number of carbonyl (C=O) groups is 1. The van der Waals surface area contributed by atoms with Gasteiger partial charge in [0, 0.05) is 24.7 Å². The van der Waals surface area contributed by atoms with Gasteiger partial charge < -0.3 is 9.73 Å². The first-order valence-electron chi connectivity index (χ1n) is 9.18. The lowest BCUT2D eigenvalue weighted by Crippen LogP contribution is -2.44. The number of likely N-dealkylation sites (tertiary alicyclic amines) is 1. The lowest BCUT2D eigenvalue weighted by molar-refractivity contribution is -0.127. The minimum absolute atomic E-state index is 0.0724. The van der Waals surface area contributed by atoms with E-state index in [1.165, 1.54) is 0 Å². The Morgan fingerprint density at radius 1 is 1.40 bits per heavy atom. The van der Waals surface area contributed by atoms with Gasteiger partial charge in [-0.2, -0.15) is 0 Å². The van der Waals surface area contributed by atoms with E-state index in [4.69, 9.17) is 4.42 Å². The molecule has 1 fully saturated rings. The number of aromatic nitrogens is 1. The SMILES string of the molecule is CC[C@H](C)NC(=O)[C@@H]1CCCN(Cc2coc(-c3ccccc3)n2)C1. The molecule has 2 atom stereocenters. The molecule has 3 rings (SSSR count). The van der Waals surface area contributed by atoms with Gasteiger partial charge in [-0.15, -0.1) is 0 Å². The fourth-order valence-electron chi connectivity index (χ4n) is 3.20. The molecule has 1 aliphatic rings. The van der Waals surface area contributed by atoms with E-state index in [-0.39, 0.29) is 17.9 Å². The van der Waals surface area contributed by atoms with Crippen molar-refractivity contribution in [2.45, 2.75) is 45.7 Å². The molecule has 5 nitrogen and oxygen atoms in total. The molecular weight excluding hydrogens is 314 g/mol. The van der Waals surface area contributed by atoms with Crippen LogP contribution < -0.4 is 5.32 Å². The van der Waals surface area contributed by atoms with Gasteiger partial charge in [0.25, 0.3) is 0 Å². The smallest absolute Gasteiger partial charge is 0.226 e. The Morgan fingerprint density at radius 2 is 2.20 bits per heavy atom. The van der Waals surface area contributed by atoms with Crippen LogP contribution in [0.3, 0.4) is 0 Å². The topological polar surface area (TPSA) is 58.4 Å². The minimum atomic E-state index is 0.0724. The summed E-state index contributed by atoms with van der Waals surface area (Å²) in [6, 6.07) is 10.2. The first-order chi connectivity index (χ1) is 12.2. The largest absolute Gasteiger partial charge is 0.444 e. The quantitative estimate of drug-likeness (QED) is 0.874. The van der Waals surface area contributed by atoms with E-state index in [0.29, 0.717) is 5.89 Å². The van der Waals surface area contributed by atoms with E-state index < -0.39 is 0 Å². The fourth-order valence-corrected chi connectivity index (χ4v) is 3.20. The van der Waals surface area contributed by atoms with Crippen LogP contribution in [0.25, 0.3) is 11.5 Å². The minimum Gasteiger partial charge on any atom is -0.444 e. The molecule has 1 aromatic heterocycles. The number of hydrogen-bond acceptors (Lipinski definition) is 4. The van der Waals surface area contributed by atoms with Crippen molar-refractivity contribution in [3.63, 3.8) is 0 Å². The number of amides is 1. The molecule has 2 heterocycles. The van der Waals surface area contributed by atoms with E-state index in [0.717, 1.165) is 50.2 Å². The van der Waals surface area contributed by atoms with Crippen LogP contribution in [-0.2, 0) is 11.3 Å². The predicted octanol–water partition coefficient (Wildman–Crippen LogP) is 3.47. The zero-order chi connectivity index (χ0) is 17.6. The van der Waals surface area contributed by atoms with Crippen LogP contribution in [0.15, 0.2) is 41.0 Å². The maximum Gasteiger partial charge on any atom is 0.226 e. The van der Waals surface area contributed by atoms with Crippen molar-refractivity contribution in [3.8, 4) is 11.5 Å². The highest BCUT2D eigenvalue weighted by atomic mass is 16.3. The summed E-state index contributed by atoms with van der Waals surface area (Å²) in [6.45, 7) is 6.66. The molecule has 1 N–H and O–H groups in total. The van der Waals surface area contributed by atoms with E-state index in [9.17, 15) is 4.79 Å². The standard InChI is InChI=1S/C20H27N3O2/c1-3-15(2)21-19(24)17-10-7-11-23(12-17)13-18-14-25-20(22-18)16-8-5-4-6-9-16/h4-6,8-9,14-15,17H,3,7,10-13H2,1-2H3,(H,21,24)/t15-,17+/m0/s1. The Morgan fingerprint density at radius 3 is 2.96 bits per heavy atom. The number of carbonyl (C=O) groups excluding carboxylic acids is 1. The second kappa shape index (κ2) is 8.30. The second-order valence-corrected chi connectivity index (χ2v) is 6.90. The zero-order valence-corrected chi connectivity index (χ0v) is 15.1. The highest BCUT2D eigenvalue weighted by molar-refractivity contribution is 5.79. The fraction of sp³-hybridized carbons (Fsp3) is 0.500. The molecule has 1 saturated heterocycles. The highest BCUT2D eigenvalue weighted by Crippen LogP contribution is 2.22. The maximum absolute atomic E-state index is 12.4. The van der Waals surface area contributed by atoms with Crippen LogP contribution in [-0.4, -0.2) is 34.9 Å². The predicted molar refractivity (Wildman–Crippen MR) is 97.8 cm³/mol. The van der Waals surface area contributed by atoms with E-state index in [1.807, 2.05) is 30.3 Å². The Balaban J connectivity index is 1.58. The summed E-state index contributed by atoms with van der Waals surface area (Å²) >= 11 is 0. The average Bonchev–Trinajstić information content (AvgIpc) is 3.11. The molecular formula is C20H27N3O2. The summed E-state index contributed by atoms with van der Waals surface area (Å²) in [6.07, 6.45) is 4.70. The van der Waals surface area contributed by atoms with Gasteiger partial charge in [-0.05, 0) is 44.9 Å². The zero-order valence-electron chi connectivity index (χ0n) is 15.1. The average molecular weight is 341 g/mol. The van der Waals surface area contributed by atoms with Gasteiger partial charge in [-0.25, -0.2) is 4.98 Å². The van der Waals surface area contributed by atoms with Crippen molar-refractivity contribution in [1.29, 1.82) is 0 Å². The molecule has 0 unspecified atom stereocenters. The number of oxazole rings is 1. The monoisotopic (exact) mass is 341 g/mol. The van der Waals surface area contributed by atoms with Gasteiger partial charge in [0.1, 0.15) is 6.26 Å². The van der Waals surface area contributed by atoms with Gasteiger partial charge in [-0.3, -0.25) is 9.69 Å². The Bertz CT molecular complexity index is 683. The molecule has 1 aromatic carbocycles. The van der Waals surface area contributed by atoms with E-state index >= 15 is 0 Å². The molecule has 25 heavy (non-hydrogen) atoms. The van der Waals surface area contributed by atoms with Crippen LogP contribution in [0.5, 0.6) is 0 Å². The molecule has 2 aromatic rings. The van der Waals surface area contributed by atoms with Crippen LogP contribution in [0.2, 0.25) is 0 Å². The second-order valence-electron chi connectivity index (χ2n) is 6.90. The number of nitrogens with one attached hydrogen (secondary N) is 1. The molecule has 134 valence electrons. The van der Waals surface area contributed by atoms with Crippen molar-refractivity contribution in [2.24, 2.45) is 5.92 Å².